The lowest BCUT2D eigenvalue weighted by atomic mass is 10.3. The number of aromatic nitrogens is 2. The molecular formula is C10H16N4O2. The molecule has 1 aromatic heterocycles. The third-order valence-electron chi connectivity index (χ3n) is 1.99. The molecule has 1 atom stereocenters. The molecule has 0 bridgehead atoms. The molecule has 16 heavy (non-hydrogen) atoms. The Balaban J connectivity index is 2.53. The highest BCUT2D eigenvalue weighted by molar-refractivity contribution is 5.83. The third-order valence-corrected chi connectivity index (χ3v) is 1.99. The summed E-state index contributed by atoms with van der Waals surface area (Å²) in [6.45, 7) is 4.35. The van der Waals surface area contributed by atoms with Crippen LogP contribution < -0.4 is 16.2 Å². The Morgan fingerprint density at radius 1 is 1.62 bits per heavy atom. The van der Waals surface area contributed by atoms with Crippen LogP contribution in [0, 0.1) is 0 Å². The first kappa shape index (κ1) is 12.2. The number of carbonyl (C=O) groups is 1. The normalized spacial score (nSPS) is 11.9. The van der Waals surface area contributed by atoms with Gasteiger partial charge in [0.25, 0.3) is 5.56 Å². The number of H-pyrrole nitrogens is 1. The lowest BCUT2D eigenvalue weighted by Gasteiger charge is -2.13. The van der Waals surface area contributed by atoms with Crippen LogP contribution in [0.3, 0.4) is 0 Å². The smallest absolute Gasteiger partial charge is 0.252 e. The van der Waals surface area contributed by atoms with Crippen molar-refractivity contribution in [1.82, 2.24) is 15.3 Å². The monoisotopic (exact) mass is 224 g/mol. The molecule has 0 aliphatic rings. The van der Waals surface area contributed by atoms with Gasteiger partial charge in [-0.2, -0.15) is 0 Å². The Labute approximate surface area is 93.5 Å². The van der Waals surface area contributed by atoms with E-state index in [-0.39, 0.29) is 11.5 Å². The molecule has 0 aliphatic heterocycles. The van der Waals surface area contributed by atoms with Crippen LogP contribution in [-0.2, 0) is 4.79 Å². The SMILES string of the molecule is CCCNC(=O)C(C)Nc1cc(=O)[nH]cn1. The van der Waals surface area contributed by atoms with Gasteiger partial charge in [0.15, 0.2) is 0 Å². The van der Waals surface area contributed by atoms with Crippen LogP contribution in [0.5, 0.6) is 0 Å². The van der Waals surface area contributed by atoms with Gasteiger partial charge >= 0.3 is 0 Å². The summed E-state index contributed by atoms with van der Waals surface area (Å²) >= 11 is 0. The second-order valence-electron chi connectivity index (χ2n) is 3.45. The molecular weight excluding hydrogens is 208 g/mol. The number of rotatable bonds is 5. The molecule has 0 aromatic carbocycles. The molecule has 1 amide bonds. The zero-order chi connectivity index (χ0) is 12.0. The largest absolute Gasteiger partial charge is 0.358 e. The predicted octanol–water partition coefficient (Wildman–Crippen LogP) is 0.0965. The first-order chi connectivity index (χ1) is 7.63. The maximum Gasteiger partial charge on any atom is 0.252 e. The van der Waals surface area contributed by atoms with Crippen molar-refractivity contribution >= 4 is 11.7 Å². The van der Waals surface area contributed by atoms with Gasteiger partial charge in [0.2, 0.25) is 5.91 Å². The highest BCUT2D eigenvalue weighted by Crippen LogP contribution is 1.98. The molecule has 0 spiro atoms. The molecule has 88 valence electrons. The fraction of sp³-hybridized carbons (Fsp3) is 0.500. The van der Waals surface area contributed by atoms with Gasteiger partial charge in [-0.15, -0.1) is 0 Å². The van der Waals surface area contributed by atoms with Gasteiger partial charge in [-0.1, -0.05) is 6.92 Å². The van der Waals surface area contributed by atoms with E-state index in [1.54, 1.807) is 6.92 Å². The van der Waals surface area contributed by atoms with Crippen molar-refractivity contribution in [2.75, 3.05) is 11.9 Å². The van der Waals surface area contributed by atoms with E-state index in [0.29, 0.717) is 12.4 Å². The molecule has 1 heterocycles. The Bertz CT molecular complexity index is 402. The van der Waals surface area contributed by atoms with Gasteiger partial charge in [-0.05, 0) is 13.3 Å². The summed E-state index contributed by atoms with van der Waals surface area (Å²) in [5.41, 5.74) is -0.251. The molecule has 6 heteroatoms. The van der Waals surface area contributed by atoms with Crippen molar-refractivity contribution in [1.29, 1.82) is 0 Å². The summed E-state index contributed by atoms with van der Waals surface area (Å²) in [6.07, 6.45) is 2.18. The topological polar surface area (TPSA) is 86.9 Å². The lowest BCUT2D eigenvalue weighted by molar-refractivity contribution is -0.121. The van der Waals surface area contributed by atoms with Crippen LogP contribution in [0.25, 0.3) is 0 Å². The van der Waals surface area contributed by atoms with E-state index in [2.05, 4.69) is 20.6 Å². The Morgan fingerprint density at radius 2 is 2.38 bits per heavy atom. The fourth-order valence-corrected chi connectivity index (χ4v) is 1.14. The number of amides is 1. The van der Waals surface area contributed by atoms with Crippen molar-refractivity contribution < 1.29 is 4.79 Å². The van der Waals surface area contributed by atoms with Gasteiger partial charge in [0, 0.05) is 12.6 Å². The third kappa shape index (κ3) is 3.72. The standard InChI is InChI=1S/C10H16N4O2/c1-3-4-11-10(16)7(2)14-8-5-9(15)13-6-12-8/h5-7H,3-4H2,1-2H3,(H,11,16)(H2,12,13,14,15). The minimum Gasteiger partial charge on any atom is -0.358 e. The van der Waals surface area contributed by atoms with E-state index < -0.39 is 6.04 Å². The molecule has 3 N–H and O–H groups in total. The van der Waals surface area contributed by atoms with Crippen LogP contribution in [0.4, 0.5) is 5.82 Å². The number of aromatic amines is 1. The van der Waals surface area contributed by atoms with E-state index in [4.69, 9.17) is 0 Å². The lowest BCUT2D eigenvalue weighted by Crippen LogP contribution is -2.38. The summed E-state index contributed by atoms with van der Waals surface area (Å²) in [5.74, 6) is 0.284. The molecule has 0 aliphatic carbocycles. The summed E-state index contributed by atoms with van der Waals surface area (Å²) in [6, 6.07) is 0.893. The van der Waals surface area contributed by atoms with Gasteiger partial charge in [0.1, 0.15) is 11.9 Å². The van der Waals surface area contributed by atoms with Crippen molar-refractivity contribution in [2.24, 2.45) is 0 Å². The molecule has 6 nitrogen and oxygen atoms in total. The highest BCUT2D eigenvalue weighted by Gasteiger charge is 2.11. The maximum absolute atomic E-state index is 11.5. The maximum atomic E-state index is 11.5. The molecule has 1 aromatic rings. The van der Waals surface area contributed by atoms with Crippen molar-refractivity contribution in [3.05, 3.63) is 22.7 Å². The van der Waals surface area contributed by atoms with Crippen LogP contribution >= 0.6 is 0 Å². The minimum atomic E-state index is -0.416. The highest BCUT2D eigenvalue weighted by atomic mass is 16.2. The van der Waals surface area contributed by atoms with E-state index >= 15 is 0 Å². The first-order valence-electron chi connectivity index (χ1n) is 5.22. The van der Waals surface area contributed by atoms with Gasteiger partial charge < -0.3 is 15.6 Å². The quantitative estimate of drug-likeness (QED) is 0.662. The molecule has 0 saturated heterocycles. The Morgan fingerprint density at radius 3 is 3.00 bits per heavy atom. The van der Waals surface area contributed by atoms with Crippen molar-refractivity contribution in [3.63, 3.8) is 0 Å². The van der Waals surface area contributed by atoms with Gasteiger partial charge in [-0.3, -0.25) is 9.59 Å². The van der Waals surface area contributed by atoms with Crippen molar-refractivity contribution in [2.45, 2.75) is 26.3 Å². The van der Waals surface area contributed by atoms with Crippen molar-refractivity contribution in [3.8, 4) is 0 Å². The van der Waals surface area contributed by atoms with E-state index in [1.165, 1.54) is 12.4 Å². The summed E-state index contributed by atoms with van der Waals surface area (Å²) in [4.78, 5) is 28.8. The molecule has 1 unspecified atom stereocenters. The minimum absolute atomic E-state index is 0.107. The van der Waals surface area contributed by atoms with Crippen LogP contribution in [0.15, 0.2) is 17.2 Å². The fourth-order valence-electron chi connectivity index (χ4n) is 1.14. The summed E-state index contributed by atoms with van der Waals surface area (Å²) in [7, 11) is 0. The first-order valence-corrected chi connectivity index (χ1v) is 5.22. The zero-order valence-corrected chi connectivity index (χ0v) is 9.41. The molecule has 1 rings (SSSR count). The number of anilines is 1. The molecule has 0 saturated carbocycles. The van der Waals surface area contributed by atoms with Gasteiger partial charge in [0.05, 0.1) is 6.33 Å². The van der Waals surface area contributed by atoms with E-state index in [1.807, 2.05) is 6.92 Å². The second-order valence-corrected chi connectivity index (χ2v) is 3.45. The predicted molar refractivity (Wildman–Crippen MR) is 61.2 cm³/mol. The number of nitrogens with zero attached hydrogens (tertiary/aromatic N) is 1. The average Bonchev–Trinajstić information content (AvgIpc) is 2.25. The van der Waals surface area contributed by atoms with Crippen LogP contribution in [-0.4, -0.2) is 28.5 Å². The zero-order valence-electron chi connectivity index (χ0n) is 9.41. The number of nitrogens with one attached hydrogen (secondary N) is 3. The summed E-state index contributed by atoms with van der Waals surface area (Å²) < 4.78 is 0. The average molecular weight is 224 g/mol. The number of carbonyl (C=O) groups excluding carboxylic acids is 1. The number of hydrogen-bond acceptors (Lipinski definition) is 4. The Hall–Kier alpha value is -1.85. The summed E-state index contributed by atoms with van der Waals surface area (Å²) in [5, 5.41) is 5.60. The number of hydrogen-bond donors (Lipinski definition) is 3. The van der Waals surface area contributed by atoms with Gasteiger partial charge in [-0.25, -0.2) is 4.98 Å². The second kappa shape index (κ2) is 5.89. The van der Waals surface area contributed by atoms with E-state index in [9.17, 15) is 9.59 Å². The van der Waals surface area contributed by atoms with Crippen LogP contribution in [0.1, 0.15) is 20.3 Å². The van der Waals surface area contributed by atoms with Crippen LogP contribution in [0.2, 0.25) is 0 Å². The molecule has 0 radical (unpaired) electrons. The molecule has 0 fully saturated rings. The van der Waals surface area contributed by atoms with E-state index in [0.717, 1.165) is 6.42 Å². The Kier molecular flexibility index (Phi) is 4.50.